The molecule has 0 spiro atoms. The fourth-order valence-corrected chi connectivity index (χ4v) is 10.4. The summed E-state index contributed by atoms with van der Waals surface area (Å²) in [4.78, 5) is 61.0. The molecule has 0 unspecified atom stereocenters. The van der Waals surface area contributed by atoms with E-state index in [1.165, 1.54) is 6.92 Å². The maximum Gasteiger partial charge on any atom is 0.246 e. The number of fused-ring (bicyclic) bond motifs is 6. The molecular formula is C41H48N8O5S2. The van der Waals surface area contributed by atoms with Crippen LogP contribution in [0, 0.1) is 11.8 Å². The number of nitrogens with one attached hydrogen (secondary N) is 4. The van der Waals surface area contributed by atoms with Crippen molar-refractivity contribution in [1.29, 1.82) is 0 Å². The molecule has 6 aromatic rings. The molecule has 4 N–H and O–H groups in total. The summed E-state index contributed by atoms with van der Waals surface area (Å²) < 4.78 is 27.8. The first-order chi connectivity index (χ1) is 26.7. The summed E-state index contributed by atoms with van der Waals surface area (Å²) >= 11 is 1.69. The number of benzene rings is 3. The van der Waals surface area contributed by atoms with Crippen LogP contribution in [0.15, 0.2) is 48.5 Å². The Balaban J connectivity index is 1.07. The minimum atomic E-state index is -3.57. The van der Waals surface area contributed by atoms with Crippen LogP contribution in [0.2, 0.25) is 0 Å². The van der Waals surface area contributed by atoms with Crippen LogP contribution in [0.3, 0.4) is 0 Å². The summed E-state index contributed by atoms with van der Waals surface area (Å²) in [7, 11) is -3.57. The monoisotopic (exact) mass is 796 g/mol. The van der Waals surface area contributed by atoms with Crippen LogP contribution >= 0.6 is 11.3 Å². The molecule has 3 aromatic heterocycles. The lowest BCUT2D eigenvalue weighted by atomic mass is 10.0. The molecule has 3 aromatic carbocycles. The number of carbonyl (C=O) groups is 3. The fraction of sp³-hybridized carbons (Fsp3) is 0.439. The van der Waals surface area contributed by atoms with E-state index in [-0.39, 0.29) is 41.6 Å². The van der Waals surface area contributed by atoms with Gasteiger partial charge in [-0.25, -0.2) is 23.1 Å². The van der Waals surface area contributed by atoms with Gasteiger partial charge in [0.05, 0.1) is 45.1 Å². The Morgan fingerprint density at radius 2 is 1.36 bits per heavy atom. The number of likely N-dealkylation sites (tertiary alicyclic amines) is 2. The van der Waals surface area contributed by atoms with Crippen LogP contribution in [0.1, 0.15) is 84.0 Å². The van der Waals surface area contributed by atoms with Crippen molar-refractivity contribution in [2.24, 2.45) is 11.8 Å². The lowest BCUT2D eigenvalue weighted by Crippen LogP contribution is -2.50. The van der Waals surface area contributed by atoms with Crippen molar-refractivity contribution in [2.75, 3.05) is 19.3 Å². The lowest BCUT2D eigenvalue weighted by Gasteiger charge is -2.30. The number of aromatic nitrogens is 4. The second-order valence-corrected chi connectivity index (χ2v) is 18.9. The molecule has 2 fully saturated rings. The van der Waals surface area contributed by atoms with Crippen LogP contribution in [0.4, 0.5) is 0 Å². The van der Waals surface area contributed by atoms with E-state index >= 15 is 0 Å². The number of amides is 3. The summed E-state index contributed by atoms with van der Waals surface area (Å²) in [6.07, 6.45) is 4.30. The standard InChI is InChI=1S/C41H48N8O5S2/c1-21(2)33(42-23(5)50)40(51)48-17-7-9-30(48)38-43-28-15-12-24-19-25(11-14-27(24)35(28)45-38)32-20-26-13-16-29-36(37(26)55-32)46-39(44-29)31-10-8-18-49(31)41(52)34(22(3)4)47-56(6,53)54/h11-16,19-22,30-31,33-34,47H,7-10,17-18H2,1-6H3,(H,42,50)(H,43,45)(H,44,46)/t30-,31-,33-,34-/m0/s1. The van der Waals surface area contributed by atoms with Gasteiger partial charge in [-0.05, 0) is 78.1 Å². The zero-order chi connectivity index (χ0) is 39.6. The molecule has 3 amide bonds. The lowest BCUT2D eigenvalue weighted by molar-refractivity contribution is -0.138. The van der Waals surface area contributed by atoms with Gasteiger partial charge in [0.2, 0.25) is 27.7 Å². The molecule has 4 atom stereocenters. The second-order valence-electron chi connectivity index (χ2n) is 16.0. The highest BCUT2D eigenvalue weighted by molar-refractivity contribution is 7.88. The van der Waals surface area contributed by atoms with Crippen molar-refractivity contribution in [1.82, 2.24) is 39.8 Å². The highest BCUT2D eigenvalue weighted by atomic mass is 32.2. The highest BCUT2D eigenvalue weighted by Gasteiger charge is 2.39. The molecule has 2 aliphatic rings. The van der Waals surface area contributed by atoms with Crippen LogP contribution in [-0.4, -0.2) is 87.3 Å². The number of carbonyl (C=O) groups excluding carboxylic acids is 3. The fourth-order valence-electron chi connectivity index (χ4n) is 8.45. The van der Waals surface area contributed by atoms with E-state index in [1.807, 2.05) is 44.7 Å². The predicted octanol–water partition coefficient (Wildman–Crippen LogP) is 6.54. The van der Waals surface area contributed by atoms with Gasteiger partial charge >= 0.3 is 0 Å². The van der Waals surface area contributed by atoms with Crippen LogP contribution in [0.5, 0.6) is 0 Å². The third kappa shape index (κ3) is 7.05. The Hall–Kier alpha value is -4.86. The predicted molar refractivity (Wildman–Crippen MR) is 220 cm³/mol. The molecular weight excluding hydrogens is 749 g/mol. The number of hydrogen-bond acceptors (Lipinski definition) is 8. The normalized spacial score (nSPS) is 19.0. The Morgan fingerprint density at radius 1 is 0.786 bits per heavy atom. The van der Waals surface area contributed by atoms with Crippen LogP contribution in [0.25, 0.3) is 53.4 Å². The maximum absolute atomic E-state index is 13.7. The van der Waals surface area contributed by atoms with Gasteiger partial charge in [-0.2, -0.15) is 0 Å². The van der Waals surface area contributed by atoms with Crippen molar-refractivity contribution in [3.63, 3.8) is 0 Å². The third-order valence-electron chi connectivity index (χ3n) is 11.2. The van der Waals surface area contributed by atoms with Crippen molar-refractivity contribution in [3.05, 3.63) is 60.2 Å². The largest absolute Gasteiger partial charge is 0.344 e. The molecule has 0 saturated carbocycles. The van der Waals surface area contributed by atoms with Crippen molar-refractivity contribution < 1.29 is 22.8 Å². The number of thiophene rings is 1. The Labute approximate surface area is 329 Å². The molecule has 2 aliphatic heterocycles. The van der Waals surface area contributed by atoms with Crippen molar-refractivity contribution >= 4 is 82.0 Å². The first kappa shape index (κ1) is 38.0. The molecule has 0 radical (unpaired) electrons. The molecule has 8 rings (SSSR count). The van der Waals surface area contributed by atoms with Gasteiger partial charge in [-0.3, -0.25) is 14.4 Å². The first-order valence-corrected chi connectivity index (χ1v) is 22.1. The molecule has 5 heterocycles. The third-order valence-corrected chi connectivity index (χ3v) is 13.1. The maximum atomic E-state index is 13.7. The molecule has 0 aliphatic carbocycles. The topological polar surface area (TPSA) is 173 Å². The average molecular weight is 797 g/mol. The van der Waals surface area contributed by atoms with E-state index in [0.717, 1.165) is 91.1 Å². The number of nitrogens with zero attached hydrogens (tertiary/aromatic N) is 4. The summed E-state index contributed by atoms with van der Waals surface area (Å²) in [6, 6.07) is 15.0. The van der Waals surface area contributed by atoms with Gasteiger partial charge in [0, 0.05) is 30.3 Å². The van der Waals surface area contributed by atoms with E-state index in [2.05, 4.69) is 56.4 Å². The smallest absolute Gasteiger partial charge is 0.246 e. The molecule has 294 valence electrons. The zero-order valence-electron chi connectivity index (χ0n) is 32.5. The Bertz CT molecular complexity index is 2630. The van der Waals surface area contributed by atoms with Crippen molar-refractivity contribution in [2.45, 2.75) is 84.5 Å². The van der Waals surface area contributed by atoms with Gasteiger partial charge in [0.25, 0.3) is 0 Å². The van der Waals surface area contributed by atoms with Crippen LogP contribution in [-0.2, 0) is 24.4 Å². The zero-order valence-corrected chi connectivity index (χ0v) is 34.1. The number of aromatic amines is 2. The number of imidazole rings is 2. The minimum Gasteiger partial charge on any atom is -0.344 e. The Kier molecular flexibility index (Phi) is 9.90. The average Bonchev–Trinajstić information content (AvgIpc) is 3.98. The van der Waals surface area contributed by atoms with E-state index in [9.17, 15) is 22.8 Å². The highest BCUT2D eigenvalue weighted by Crippen LogP contribution is 2.41. The molecule has 2 saturated heterocycles. The Morgan fingerprint density at radius 3 is 1.95 bits per heavy atom. The van der Waals surface area contributed by atoms with E-state index in [0.29, 0.717) is 18.9 Å². The molecule has 15 heteroatoms. The second kappa shape index (κ2) is 14.6. The summed E-state index contributed by atoms with van der Waals surface area (Å²) in [5, 5.41) is 6.05. The SMILES string of the molecule is CC(=O)N[C@H](C(=O)N1CCC[C@H]1c1nc2ccc3cc(-c4cc5ccc6nc([C@@H]7CCCN7C(=O)[C@@H](NS(C)(=O)=O)C(C)C)[nH]c6c5s4)ccc3c2[nH]1)C(C)C. The molecule has 56 heavy (non-hydrogen) atoms. The summed E-state index contributed by atoms with van der Waals surface area (Å²) in [5.74, 6) is 0.698. The van der Waals surface area contributed by atoms with E-state index in [4.69, 9.17) is 9.97 Å². The molecule has 13 nitrogen and oxygen atoms in total. The summed E-state index contributed by atoms with van der Waals surface area (Å²) in [6.45, 7) is 10.2. The van der Waals surface area contributed by atoms with Gasteiger partial charge in [-0.15, -0.1) is 11.3 Å². The summed E-state index contributed by atoms with van der Waals surface area (Å²) in [5.41, 5.74) is 4.60. The number of rotatable bonds is 10. The minimum absolute atomic E-state index is 0.0392. The number of H-pyrrole nitrogens is 2. The first-order valence-electron chi connectivity index (χ1n) is 19.4. The van der Waals surface area contributed by atoms with E-state index in [1.54, 1.807) is 16.2 Å². The van der Waals surface area contributed by atoms with Crippen LogP contribution < -0.4 is 10.0 Å². The molecule has 0 bridgehead atoms. The van der Waals surface area contributed by atoms with E-state index < -0.39 is 22.1 Å². The van der Waals surface area contributed by atoms with Gasteiger partial charge in [0.1, 0.15) is 23.7 Å². The number of sulfonamides is 1. The van der Waals surface area contributed by atoms with Gasteiger partial charge in [-0.1, -0.05) is 52.0 Å². The van der Waals surface area contributed by atoms with Crippen molar-refractivity contribution in [3.8, 4) is 10.4 Å². The van der Waals surface area contributed by atoms with Gasteiger partial charge < -0.3 is 25.1 Å². The number of hydrogen-bond donors (Lipinski definition) is 4. The van der Waals surface area contributed by atoms with Gasteiger partial charge in [0.15, 0.2) is 0 Å². The quantitative estimate of drug-likeness (QED) is 0.122.